The number of carbonyl (C=O) groups excluding carboxylic acids is 1. The number of benzene rings is 3. The molecule has 3 aromatic carbocycles. The van der Waals surface area contributed by atoms with Crippen LogP contribution in [0.15, 0.2) is 79.0 Å². The van der Waals surface area contributed by atoms with Crippen LogP contribution in [0.2, 0.25) is 0 Å². The van der Waals surface area contributed by atoms with E-state index >= 15 is 0 Å². The second kappa shape index (κ2) is 11.6. The average molecular weight is 455 g/mol. The van der Waals surface area contributed by atoms with Crippen molar-refractivity contribution in [2.45, 2.75) is 58.4 Å². The van der Waals surface area contributed by atoms with E-state index in [1.807, 2.05) is 42.5 Å². The highest BCUT2D eigenvalue weighted by atomic mass is 16.5. The lowest BCUT2D eigenvalue weighted by Gasteiger charge is -2.09. The minimum absolute atomic E-state index is 0.257. The van der Waals surface area contributed by atoms with Gasteiger partial charge in [0.2, 0.25) is 5.91 Å². The smallest absolute Gasteiger partial charge is 0.221 e. The van der Waals surface area contributed by atoms with E-state index in [-0.39, 0.29) is 12.3 Å². The molecule has 4 nitrogen and oxygen atoms in total. The number of nitrogens with zero attached hydrogens (tertiary/aromatic N) is 1. The Morgan fingerprint density at radius 1 is 0.824 bits per heavy atom. The van der Waals surface area contributed by atoms with Crippen molar-refractivity contribution in [3.63, 3.8) is 0 Å². The summed E-state index contributed by atoms with van der Waals surface area (Å²) >= 11 is 0. The van der Waals surface area contributed by atoms with Gasteiger partial charge in [0.1, 0.15) is 11.5 Å². The fourth-order valence-corrected chi connectivity index (χ4v) is 4.47. The van der Waals surface area contributed by atoms with Crippen LogP contribution in [-0.4, -0.2) is 10.5 Å². The number of aromatic nitrogens is 1. The Balaban J connectivity index is 1.53. The lowest BCUT2D eigenvalue weighted by molar-refractivity contribution is -0.117. The molecule has 1 heterocycles. The van der Waals surface area contributed by atoms with E-state index in [1.54, 1.807) is 0 Å². The third-order valence-electron chi connectivity index (χ3n) is 6.25. The monoisotopic (exact) mass is 454 g/mol. The molecule has 2 N–H and O–H groups in total. The van der Waals surface area contributed by atoms with Crippen molar-refractivity contribution < 1.29 is 9.53 Å². The van der Waals surface area contributed by atoms with Crippen LogP contribution in [0.5, 0.6) is 11.5 Å². The molecule has 0 aliphatic rings. The van der Waals surface area contributed by atoms with Crippen molar-refractivity contribution in [2.24, 2.45) is 5.73 Å². The van der Waals surface area contributed by atoms with Gasteiger partial charge in [-0.1, -0.05) is 75.4 Å². The molecule has 0 spiro atoms. The molecule has 0 fully saturated rings. The maximum atomic E-state index is 11.7. The van der Waals surface area contributed by atoms with E-state index in [0.29, 0.717) is 0 Å². The first-order chi connectivity index (χ1) is 16.6. The summed E-state index contributed by atoms with van der Waals surface area (Å²) in [6.07, 6.45) is 9.94. The van der Waals surface area contributed by atoms with Crippen molar-refractivity contribution in [3.8, 4) is 22.6 Å². The van der Waals surface area contributed by atoms with Gasteiger partial charge in [-0.05, 0) is 59.5 Å². The molecule has 4 heteroatoms. The first-order valence-electron chi connectivity index (χ1n) is 12.4. The maximum Gasteiger partial charge on any atom is 0.221 e. The fraction of sp³-hybridized carbons (Fsp3) is 0.300. The number of ether oxygens (including phenoxy) is 1. The SMILES string of the molecule is CCCCCCCCn1cc(CC(N)=O)c2cc(-c3ccc(Oc4ccccc4)cc3)ccc21. The van der Waals surface area contributed by atoms with Gasteiger partial charge < -0.3 is 15.0 Å². The number of hydrogen-bond acceptors (Lipinski definition) is 2. The van der Waals surface area contributed by atoms with E-state index < -0.39 is 0 Å². The molecule has 4 rings (SSSR count). The average Bonchev–Trinajstić information content (AvgIpc) is 3.18. The Bertz CT molecular complexity index is 1210. The second-order valence-corrected chi connectivity index (χ2v) is 8.93. The minimum atomic E-state index is -0.300. The van der Waals surface area contributed by atoms with E-state index in [2.05, 4.69) is 48.0 Å². The number of aryl methyl sites for hydroxylation is 1. The van der Waals surface area contributed by atoms with Crippen LogP contribution >= 0.6 is 0 Å². The Labute approximate surface area is 202 Å². The molecular weight excluding hydrogens is 420 g/mol. The Morgan fingerprint density at radius 3 is 2.24 bits per heavy atom. The van der Waals surface area contributed by atoms with Gasteiger partial charge >= 0.3 is 0 Å². The molecule has 0 atom stereocenters. The fourth-order valence-electron chi connectivity index (χ4n) is 4.47. The second-order valence-electron chi connectivity index (χ2n) is 8.93. The van der Waals surface area contributed by atoms with Crippen LogP contribution < -0.4 is 10.5 Å². The van der Waals surface area contributed by atoms with E-state index in [1.165, 1.54) is 32.1 Å². The van der Waals surface area contributed by atoms with Gasteiger partial charge in [0.25, 0.3) is 0 Å². The molecule has 34 heavy (non-hydrogen) atoms. The third kappa shape index (κ3) is 6.07. The Hall–Kier alpha value is -3.53. The number of fused-ring (bicyclic) bond motifs is 1. The highest BCUT2D eigenvalue weighted by Crippen LogP contribution is 2.31. The van der Waals surface area contributed by atoms with Crippen molar-refractivity contribution in [1.82, 2.24) is 4.57 Å². The van der Waals surface area contributed by atoms with Crippen LogP contribution in [0.25, 0.3) is 22.0 Å². The first-order valence-corrected chi connectivity index (χ1v) is 12.4. The number of amides is 1. The lowest BCUT2D eigenvalue weighted by atomic mass is 10.0. The molecule has 4 aromatic rings. The highest BCUT2D eigenvalue weighted by molar-refractivity contribution is 5.92. The molecule has 0 bridgehead atoms. The number of rotatable bonds is 12. The van der Waals surface area contributed by atoms with Crippen LogP contribution in [-0.2, 0) is 17.8 Å². The molecule has 1 aromatic heterocycles. The van der Waals surface area contributed by atoms with Crippen LogP contribution in [0.4, 0.5) is 0 Å². The van der Waals surface area contributed by atoms with Gasteiger partial charge in [0, 0.05) is 23.6 Å². The van der Waals surface area contributed by atoms with Crippen LogP contribution in [0.1, 0.15) is 51.0 Å². The summed E-state index contributed by atoms with van der Waals surface area (Å²) in [6.45, 7) is 3.21. The molecule has 0 aliphatic heterocycles. The van der Waals surface area contributed by atoms with Crippen LogP contribution in [0.3, 0.4) is 0 Å². The largest absolute Gasteiger partial charge is 0.457 e. The Morgan fingerprint density at radius 2 is 1.50 bits per heavy atom. The zero-order valence-electron chi connectivity index (χ0n) is 20.0. The van der Waals surface area contributed by atoms with Gasteiger partial charge in [-0.2, -0.15) is 0 Å². The summed E-state index contributed by atoms with van der Waals surface area (Å²) in [5.41, 5.74) is 9.94. The first kappa shape index (κ1) is 23.6. The molecule has 176 valence electrons. The number of carbonyl (C=O) groups is 1. The van der Waals surface area contributed by atoms with Crippen LogP contribution in [0, 0.1) is 0 Å². The normalized spacial score (nSPS) is 11.1. The quantitative estimate of drug-likeness (QED) is 0.225. The zero-order chi connectivity index (χ0) is 23.8. The predicted octanol–water partition coefficient (Wildman–Crippen LogP) is 7.49. The summed E-state index contributed by atoms with van der Waals surface area (Å²) in [4.78, 5) is 11.7. The summed E-state index contributed by atoms with van der Waals surface area (Å²) in [7, 11) is 0. The molecule has 1 amide bonds. The number of unbranched alkanes of at least 4 members (excludes halogenated alkanes) is 5. The third-order valence-corrected chi connectivity index (χ3v) is 6.25. The number of hydrogen-bond donors (Lipinski definition) is 1. The highest BCUT2D eigenvalue weighted by Gasteiger charge is 2.12. The molecule has 0 aliphatic carbocycles. The molecular formula is C30H34N2O2. The predicted molar refractivity (Wildman–Crippen MR) is 140 cm³/mol. The van der Waals surface area contributed by atoms with E-state index in [0.717, 1.165) is 52.1 Å². The summed E-state index contributed by atoms with van der Waals surface area (Å²) in [6, 6.07) is 24.4. The number of nitrogens with two attached hydrogens (primary N) is 1. The minimum Gasteiger partial charge on any atom is -0.457 e. The van der Waals surface area contributed by atoms with Crippen molar-refractivity contribution in [1.29, 1.82) is 0 Å². The van der Waals surface area contributed by atoms with Gasteiger partial charge in [-0.3, -0.25) is 4.79 Å². The molecule has 0 saturated carbocycles. The summed E-state index contributed by atoms with van der Waals surface area (Å²) < 4.78 is 8.20. The number of para-hydroxylation sites is 1. The zero-order valence-corrected chi connectivity index (χ0v) is 20.0. The van der Waals surface area contributed by atoms with Crippen molar-refractivity contribution >= 4 is 16.8 Å². The molecule has 0 saturated heterocycles. The standard InChI is InChI=1S/C30H34N2O2/c1-2-3-4-5-6-10-19-32-22-25(21-30(31)33)28-20-24(15-18-29(28)32)23-13-16-27(17-14-23)34-26-11-8-7-9-12-26/h7-9,11-18,20,22H,2-6,10,19,21H2,1H3,(H2,31,33). The van der Waals surface area contributed by atoms with Gasteiger partial charge in [0.15, 0.2) is 0 Å². The lowest BCUT2D eigenvalue weighted by Crippen LogP contribution is -2.13. The van der Waals surface area contributed by atoms with Crippen molar-refractivity contribution in [3.05, 3.63) is 84.6 Å². The van der Waals surface area contributed by atoms with Gasteiger partial charge in [0.05, 0.1) is 6.42 Å². The topological polar surface area (TPSA) is 57.2 Å². The number of primary amides is 1. The maximum absolute atomic E-state index is 11.7. The summed E-state index contributed by atoms with van der Waals surface area (Å²) in [5.74, 6) is 1.32. The Kier molecular flexibility index (Phi) is 8.03. The van der Waals surface area contributed by atoms with Gasteiger partial charge in [-0.25, -0.2) is 0 Å². The van der Waals surface area contributed by atoms with E-state index in [4.69, 9.17) is 10.5 Å². The molecule has 0 unspecified atom stereocenters. The molecule has 0 radical (unpaired) electrons. The van der Waals surface area contributed by atoms with Crippen molar-refractivity contribution in [2.75, 3.05) is 0 Å². The summed E-state index contributed by atoms with van der Waals surface area (Å²) in [5, 5.41) is 1.10. The van der Waals surface area contributed by atoms with Gasteiger partial charge in [-0.15, -0.1) is 0 Å². The van der Waals surface area contributed by atoms with E-state index in [9.17, 15) is 4.79 Å².